The van der Waals surface area contributed by atoms with Crippen molar-refractivity contribution in [2.75, 3.05) is 13.1 Å². The second-order valence-electron chi connectivity index (χ2n) is 2.19. The minimum Gasteiger partial charge on any atom is -0.393 e. The summed E-state index contributed by atoms with van der Waals surface area (Å²) in [5.41, 5.74) is 5.01. The number of carbonyl (C=O) groups excluding carboxylic acids is 1. The lowest BCUT2D eigenvalue weighted by Crippen LogP contribution is -2.32. The Morgan fingerprint density at radius 1 is 1.73 bits per heavy atom. The number of rotatable bonds is 4. The molecule has 68 valence electrons. The molecule has 0 saturated carbocycles. The molecule has 0 aromatic rings. The lowest BCUT2D eigenvalue weighted by atomic mass is 10.3. The Hall–Kier alpha value is -0.320. The maximum Gasteiger partial charge on any atom is 0.233 e. The maximum atomic E-state index is 10.5. The first kappa shape index (κ1) is 13.3. The van der Waals surface area contributed by atoms with Crippen LogP contribution >= 0.6 is 12.4 Å². The van der Waals surface area contributed by atoms with E-state index in [-0.39, 0.29) is 31.0 Å². The summed E-state index contributed by atoms with van der Waals surface area (Å²) in [5, 5.41) is 11.3. The van der Waals surface area contributed by atoms with Crippen molar-refractivity contribution in [2.24, 2.45) is 5.73 Å². The SMILES string of the molecule is CC(O)CCNC(=O)CN.Cl. The lowest BCUT2D eigenvalue weighted by Gasteiger charge is -2.04. The Kier molecular flexibility index (Phi) is 9.40. The third-order valence-electron chi connectivity index (χ3n) is 1.07. The van der Waals surface area contributed by atoms with E-state index < -0.39 is 0 Å². The van der Waals surface area contributed by atoms with Crippen molar-refractivity contribution in [1.29, 1.82) is 0 Å². The molecule has 1 amide bonds. The van der Waals surface area contributed by atoms with Crippen LogP contribution in [0.2, 0.25) is 0 Å². The van der Waals surface area contributed by atoms with Crippen LogP contribution in [0.3, 0.4) is 0 Å². The van der Waals surface area contributed by atoms with Gasteiger partial charge in [-0.25, -0.2) is 0 Å². The molecule has 0 aromatic heterocycles. The van der Waals surface area contributed by atoms with Crippen molar-refractivity contribution < 1.29 is 9.90 Å². The summed E-state index contributed by atoms with van der Waals surface area (Å²) >= 11 is 0. The van der Waals surface area contributed by atoms with Gasteiger partial charge in [-0.3, -0.25) is 4.79 Å². The van der Waals surface area contributed by atoms with Gasteiger partial charge in [-0.05, 0) is 13.3 Å². The number of aliphatic hydroxyl groups excluding tert-OH is 1. The van der Waals surface area contributed by atoms with Crippen LogP contribution < -0.4 is 11.1 Å². The number of nitrogens with two attached hydrogens (primary N) is 1. The quantitative estimate of drug-likeness (QED) is 0.536. The zero-order valence-corrected chi connectivity index (χ0v) is 7.36. The van der Waals surface area contributed by atoms with Crippen molar-refractivity contribution in [3.05, 3.63) is 0 Å². The predicted octanol–water partition coefficient (Wildman–Crippen LogP) is -0.746. The molecular formula is C6H15ClN2O2. The van der Waals surface area contributed by atoms with Crippen LogP contribution in [-0.2, 0) is 4.79 Å². The van der Waals surface area contributed by atoms with Gasteiger partial charge >= 0.3 is 0 Å². The molecule has 4 N–H and O–H groups in total. The van der Waals surface area contributed by atoms with Gasteiger partial charge in [-0.2, -0.15) is 0 Å². The van der Waals surface area contributed by atoms with Crippen LogP contribution in [0.4, 0.5) is 0 Å². The third kappa shape index (κ3) is 9.68. The zero-order valence-electron chi connectivity index (χ0n) is 6.54. The molecule has 5 heteroatoms. The largest absolute Gasteiger partial charge is 0.393 e. The molecule has 0 aliphatic carbocycles. The van der Waals surface area contributed by atoms with Gasteiger partial charge in [0.1, 0.15) is 0 Å². The molecule has 0 fully saturated rings. The molecule has 1 atom stereocenters. The topological polar surface area (TPSA) is 75.3 Å². The monoisotopic (exact) mass is 182 g/mol. The Labute approximate surface area is 72.6 Å². The Bertz CT molecular complexity index is 109. The molecule has 0 aliphatic heterocycles. The highest BCUT2D eigenvalue weighted by Gasteiger charge is 1.97. The van der Waals surface area contributed by atoms with Gasteiger partial charge < -0.3 is 16.2 Å². The van der Waals surface area contributed by atoms with Crippen molar-refractivity contribution in [2.45, 2.75) is 19.4 Å². The Balaban J connectivity index is 0. The average Bonchev–Trinajstić information content (AvgIpc) is 1.87. The van der Waals surface area contributed by atoms with Gasteiger partial charge in [0.2, 0.25) is 5.91 Å². The fourth-order valence-corrected chi connectivity index (χ4v) is 0.493. The Morgan fingerprint density at radius 2 is 2.27 bits per heavy atom. The summed E-state index contributed by atoms with van der Waals surface area (Å²) in [6, 6.07) is 0. The molecule has 1 unspecified atom stereocenters. The molecule has 0 bridgehead atoms. The molecule has 0 aromatic carbocycles. The number of aliphatic hydroxyl groups is 1. The number of amides is 1. The summed E-state index contributed by atoms with van der Waals surface area (Å²) in [5.74, 6) is -0.180. The van der Waals surface area contributed by atoms with Gasteiger partial charge in [0.15, 0.2) is 0 Å². The Morgan fingerprint density at radius 3 is 2.64 bits per heavy atom. The first-order valence-electron chi connectivity index (χ1n) is 3.31. The third-order valence-corrected chi connectivity index (χ3v) is 1.07. The van der Waals surface area contributed by atoms with Gasteiger partial charge in [0.25, 0.3) is 0 Å². The number of hydrogen-bond donors (Lipinski definition) is 3. The molecule has 0 heterocycles. The lowest BCUT2D eigenvalue weighted by molar-refractivity contribution is -0.119. The van der Waals surface area contributed by atoms with Gasteiger partial charge in [0, 0.05) is 6.54 Å². The van der Waals surface area contributed by atoms with E-state index >= 15 is 0 Å². The van der Waals surface area contributed by atoms with Crippen molar-refractivity contribution in [3.8, 4) is 0 Å². The molecule has 11 heavy (non-hydrogen) atoms. The number of halogens is 1. The van der Waals surface area contributed by atoms with E-state index in [1.807, 2.05) is 0 Å². The van der Waals surface area contributed by atoms with Crippen LogP contribution in [0, 0.1) is 0 Å². The highest BCUT2D eigenvalue weighted by Crippen LogP contribution is 1.84. The van der Waals surface area contributed by atoms with E-state index in [0.717, 1.165) is 0 Å². The molecule has 0 spiro atoms. The number of hydrogen-bond acceptors (Lipinski definition) is 3. The van der Waals surface area contributed by atoms with E-state index in [2.05, 4.69) is 5.32 Å². The molecule has 0 saturated heterocycles. The van der Waals surface area contributed by atoms with Crippen molar-refractivity contribution >= 4 is 18.3 Å². The number of nitrogens with one attached hydrogen (secondary N) is 1. The van der Waals surface area contributed by atoms with Gasteiger partial charge in [-0.15, -0.1) is 12.4 Å². The highest BCUT2D eigenvalue weighted by atomic mass is 35.5. The van der Waals surface area contributed by atoms with Crippen molar-refractivity contribution in [3.63, 3.8) is 0 Å². The second kappa shape index (κ2) is 7.78. The fraction of sp³-hybridized carbons (Fsp3) is 0.833. The zero-order chi connectivity index (χ0) is 7.98. The standard InChI is InChI=1S/C6H14N2O2.ClH/c1-5(9)2-3-8-6(10)4-7;/h5,9H,2-4,7H2,1H3,(H,8,10);1H. The smallest absolute Gasteiger partial charge is 0.233 e. The minimum absolute atomic E-state index is 0. The maximum absolute atomic E-state index is 10.5. The first-order chi connectivity index (χ1) is 4.66. The van der Waals surface area contributed by atoms with E-state index in [4.69, 9.17) is 10.8 Å². The average molecular weight is 183 g/mol. The molecule has 0 aliphatic rings. The predicted molar refractivity (Wildman–Crippen MR) is 45.6 cm³/mol. The van der Waals surface area contributed by atoms with E-state index in [1.54, 1.807) is 6.92 Å². The normalized spacial score (nSPS) is 11.5. The van der Waals surface area contributed by atoms with Crippen LogP contribution in [0.25, 0.3) is 0 Å². The van der Waals surface area contributed by atoms with Crippen LogP contribution in [0.1, 0.15) is 13.3 Å². The summed E-state index contributed by atoms with van der Waals surface area (Å²) in [4.78, 5) is 10.5. The minimum atomic E-state index is -0.363. The van der Waals surface area contributed by atoms with E-state index in [0.29, 0.717) is 13.0 Å². The summed E-state index contributed by atoms with van der Waals surface area (Å²) < 4.78 is 0. The highest BCUT2D eigenvalue weighted by molar-refractivity contribution is 5.85. The summed E-state index contributed by atoms with van der Waals surface area (Å²) in [6.45, 7) is 2.18. The van der Waals surface area contributed by atoms with E-state index in [9.17, 15) is 4.79 Å². The molecule has 4 nitrogen and oxygen atoms in total. The first-order valence-corrected chi connectivity index (χ1v) is 3.31. The molecular weight excluding hydrogens is 168 g/mol. The molecule has 0 rings (SSSR count). The van der Waals surface area contributed by atoms with Crippen LogP contribution in [0.5, 0.6) is 0 Å². The fourth-order valence-electron chi connectivity index (χ4n) is 0.493. The summed E-state index contributed by atoms with van der Waals surface area (Å²) in [7, 11) is 0. The number of carbonyl (C=O) groups is 1. The van der Waals surface area contributed by atoms with E-state index in [1.165, 1.54) is 0 Å². The van der Waals surface area contributed by atoms with Crippen molar-refractivity contribution in [1.82, 2.24) is 5.32 Å². The molecule has 0 radical (unpaired) electrons. The summed E-state index contributed by atoms with van der Waals surface area (Å²) in [6.07, 6.45) is 0.212. The van der Waals surface area contributed by atoms with Crippen LogP contribution in [0.15, 0.2) is 0 Å². The van der Waals surface area contributed by atoms with Gasteiger partial charge in [0.05, 0.1) is 12.6 Å². The van der Waals surface area contributed by atoms with Gasteiger partial charge in [-0.1, -0.05) is 0 Å². The van der Waals surface area contributed by atoms with Crippen LogP contribution in [-0.4, -0.2) is 30.2 Å². The second-order valence-corrected chi connectivity index (χ2v) is 2.19.